The minimum Gasteiger partial charge on any atom is -0.396 e. The monoisotopic (exact) mass is 381 g/mol. The molecule has 0 bridgehead atoms. The maximum absolute atomic E-state index is 8.07. The number of H-pyrrole nitrogens is 1. The first-order valence-electron chi connectivity index (χ1n) is 10.5. The van der Waals surface area contributed by atoms with Gasteiger partial charge in [0.25, 0.3) is 0 Å². The van der Waals surface area contributed by atoms with Crippen LogP contribution in [0.15, 0.2) is 24.4 Å². The summed E-state index contributed by atoms with van der Waals surface area (Å²) in [7, 11) is 0. The number of hydrogen-bond donors (Lipinski definition) is 2. The Morgan fingerprint density at radius 1 is 1.07 bits per heavy atom. The van der Waals surface area contributed by atoms with Gasteiger partial charge in [0.05, 0.1) is 16.7 Å². The van der Waals surface area contributed by atoms with E-state index in [1.54, 1.807) is 0 Å². The van der Waals surface area contributed by atoms with Crippen LogP contribution in [0.5, 0.6) is 0 Å². The summed E-state index contributed by atoms with van der Waals surface area (Å²) in [6, 6.07) is 6.59. The lowest BCUT2D eigenvalue weighted by atomic mass is 9.99. The molecule has 4 nitrogen and oxygen atoms in total. The number of rotatable bonds is 6. The zero-order chi connectivity index (χ0) is 20.7. The van der Waals surface area contributed by atoms with Gasteiger partial charge in [-0.05, 0) is 61.4 Å². The number of nitrogens with one attached hydrogen (secondary N) is 1. The molecule has 3 heterocycles. The standard InChI is InChI=1S/C20H25N3.C4H10O/c1-6-14-10-18-19(13(5)11-21-18)23-20(14)15-8-9-17(12(3)4)22-16(15)7-2;1-2-3-4-5/h8-12,21H,6-7H2,1-5H3;5H,2-4H2,1H3. The molecule has 2 N–H and O–H groups in total. The summed E-state index contributed by atoms with van der Waals surface area (Å²) < 4.78 is 0. The fraction of sp³-hybridized carbons (Fsp3) is 0.500. The normalized spacial score (nSPS) is 11.0. The van der Waals surface area contributed by atoms with Crippen LogP contribution in [0.4, 0.5) is 0 Å². The summed E-state index contributed by atoms with van der Waals surface area (Å²) in [5, 5.41) is 8.07. The van der Waals surface area contributed by atoms with Crippen molar-refractivity contribution in [2.45, 2.75) is 73.1 Å². The molecular formula is C24H35N3O. The van der Waals surface area contributed by atoms with Gasteiger partial charge in [-0.25, -0.2) is 4.98 Å². The van der Waals surface area contributed by atoms with Crippen LogP contribution in [-0.2, 0) is 12.8 Å². The Labute approximate surface area is 169 Å². The third kappa shape index (κ3) is 4.99. The highest BCUT2D eigenvalue weighted by molar-refractivity contribution is 5.83. The van der Waals surface area contributed by atoms with E-state index in [0.717, 1.165) is 53.8 Å². The molecule has 0 saturated carbocycles. The minimum absolute atomic E-state index is 0.344. The van der Waals surface area contributed by atoms with E-state index in [9.17, 15) is 0 Å². The lowest BCUT2D eigenvalue weighted by Gasteiger charge is -2.14. The average molecular weight is 382 g/mol. The maximum Gasteiger partial charge on any atom is 0.0915 e. The molecule has 0 aliphatic heterocycles. The highest BCUT2D eigenvalue weighted by Gasteiger charge is 2.15. The summed E-state index contributed by atoms with van der Waals surface area (Å²) in [6.45, 7) is 13.2. The predicted molar refractivity (Wildman–Crippen MR) is 119 cm³/mol. The molecule has 4 heteroatoms. The van der Waals surface area contributed by atoms with Crippen molar-refractivity contribution in [3.63, 3.8) is 0 Å². The SMILES string of the molecule is CCCCO.CCc1cc2[nH]cc(C)c2nc1-c1ccc(C(C)C)nc1CC. The molecule has 0 aliphatic carbocycles. The number of aromatic amines is 1. The quantitative estimate of drug-likeness (QED) is 0.554. The number of pyridine rings is 2. The largest absolute Gasteiger partial charge is 0.396 e. The van der Waals surface area contributed by atoms with Crippen LogP contribution in [0, 0.1) is 6.92 Å². The zero-order valence-corrected chi connectivity index (χ0v) is 18.3. The van der Waals surface area contributed by atoms with Crippen LogP contribution < -0.4 is 0 Å². The van der Waals surface area contributed by atoms with Gasteiger partial charge in [-0.3, -0.25) is 4.98 Å². The van der Waals surface area contributed by atoms with E-state index < -0.39 is 0 Å². The highest BCUT2D eigenvalue weighted by atomic mass is 16.2. The fourth-order valence-electron chi connectivity index (χ4n) is 3.21. The number of aliphatic hydroxyl groups excluding tert-OH is 1. The van der Waals surface area contributed by atoms with Crippen molar-refractivity contribution >= 4 is 11.0 Å². The summed E-state index contributed by atoms with van der Waals surface area (Å²) in [6.07, 6.45) is 5.95. The van der Waals surface area contributed by atoms with Crippen LogP contribution in [-0.4, -0.2) is 26.7 Å². The average Bonchev–Trinajstić information content (AvgIpc) is 3.07. The van der Waals surface area contributed by atoms with E-state index in [0.29, 0.717) is 12.5 Å². The van der Waals surface area contributed by atoms with Crippen LogP contribution >= 0.6 is 0 Å². The Kier molecular flexibility index (Phi) is 8.18. The number of nitrogens with zero attached hydrogens (tertiary/aromatic N) is 2. The van der Waals surface area contributed by atoms with Gasteiger partial charge in [0.1, 0.15) is 0 Å². The van der Waals surface area contributed by atoms with Gasteiger partial charge in [-0.2, -0.15) is 0 Å². The van der Waals surface area contributed by atoms with E-state index in [4.69, 9.17) is 15.1 Å². The van der Waals surface area contributed by atoms with E-state index in [-0.39, 0.29) is 0 Å². The van der Waals surface area contributed by atoms with Gasteiger partial charge in [0, 0.05) is 29.8 Å². The molecule has 3 rings (SSSR count). The topological polar surface area (TPSA) is 61.8 Å². The zero-order valence-electron chi connectivity index (χ0n) is 18.3. The predicted octanol–water partition coefficient (Wildman–Crippen LogP) is 5.96. The first-order chi connectivity index (χ1) is 13.5. The Morgan fingerprint density at radius 2 is 1.82 bits per heavy atom. The lowest BCUT2D eigenvalue weighted by molar-refractivity contribution is 0.287. The second-order valence-electron chi connectivity index (χ2n) is 7.53. The molecule has 28 heavy (non-hydrogen) atoms. The van der Waals surface area contributed by atoms with Gasteiger partial charge in [-0.1, -0.05) is 41.0 Å². The first-order valence-corrected chi connectivity index (χ1v) is 10.5. The number of aryl methyl sites for hydroxylation is 3. The minimum atomic E-state index is 0.344. The lowest BCUT2D eigenvalue weighted by Crippen LogP contribution is -2.02. The molecule has 0 aromatic carbocycles. The molecule has 0 atom stereocenters. The summed E-state index contributed by atoms with van der Waals surface area (Å²) in [4.78, 5) is 13.2. The Morgan fingerprint density at radius 3 is 2.36 bits per heavy atom. The van der Waals surface area contributed by atoms with E-state index in [1.807, 2.05) is 6.20 Å². The van der Waals surface area contributed by atoms with Crippen molar-refractivity contribution in [3.05, 3.63) is 46.9 Å². The second kappa shape index (κ2) is 10.4. The Balaban J connectivity index is 0.000000500. The maximum atomic E-state index is 8.07. The molecule has 0 amide bonds. The molecule has 0 radical (unpaired) electrons. The molecule has 3 aromatic heterocycles. The molecule has 0 unspecified atom stereocenters. The van der Waals surface area contributed by atoms with Crippen LogP contribution in [0.25, 0.3) is 22.3 Å². The number of unbranched alkanes of at least 4 members (excludes halogenated alkanes) is 1. The van der Waals surface area contributed by atoms with Crippen molar-refractivity contribution in [2.75, 3.05) is 6.61 Å². The van der Waals surface area contributed by atoms with Crippen molar-refractivity contribution in [1.82, 2.24) is 15.0 Å². The van der Waals surface area contributed by atoms with Gasteiger partial charge in [-0.15, -0.1) is 0 Å². The van der Waals surface area contributed by atoms with Crippen molar-refractivity contribution in [3.8, 4) is 11.3 Å². The van der Waals surface area contributed by atoms with Crippen molar-refractivity contribution < 1.29 is 5.11 Å². The summed E-state index contributed by atoms with van der Waals surface area (Å²) >= 11 is 0. The van der Waals surface area contributed by atoms with Gasteiger partial charge >= 0.3 is 0 Å². The van der Waals surface area contributed by atoms with Crippen LogP contribution in [0.3, 0.4) is 0 Å². The first kappa shape index (κ1) is 22.1. The molecular weight excluding hydrogens is 346 g/mol. The Hall–Kier alpha value is -2.20. The Bertz CT molecular complexity index is 894. The third-order valence-electron chi connectivity index (χ3n) is 4.99. The number of aromatic nitrogens is 3. The van der Waals surface area contributed by atoms with Crippen molar-refractivity contribution in [1.29, 1.82) is 0 Å². The van der Waals surface area contributed by atoms with Gasteiger partial charge < -0.3 is 10.1 Å². The van der Waals surface area contributed by atoms with Crippen LogP contribution in [0.1, 0.15) is 75.9 Å². The molecule has 0 fully saturated rings. The summed E-state index contributed by atoms with van der Waals surface area (Å²) in [5.41, 5.74) is 9.20. The van der Waals surface area contributed by atoms with Crippen LogP contribution in [0.2, 0.25) is 0 Å². The number of hydrogen-bond acceptors (Lipinski definition) is 3. The second-order valence-corrected chi connectivity index (χ2v) is 7.53. The highest BCUT2D eigenvalue weighted by Crippen LogP contribution is 2.30. The molecule has 0 saturated heterocycles. The van der Waals surface area contributed by atoms with E-state index in [2.05, 4.69) is 64.7 Å². The van der Waals surface area contributed by atoms with Crippen molar-refractivity contribution in [2.24, 2.45) is 0 Å². The van der Waals surface area contributed by atoms with Gasteiger partial charge in [0.15, 0.2) is 0 Å². The third-order valence-corrected chi connectivity index (χ3v) is 4.99. The summed E-state index contributed by atoms with van der Waals surface area (Å²) in [5.74, 6) is 0.447. The molecule has 3 aromatic rings. The smallest absolute Gasteiger partial charge is 0.0915 e. The van der Waals surface area contributed by atoms with Gasteiger partial charge in [0.2, 0.25) is 0 Å². The van der Waals surface area contributed by atoms with E-state index in [1.165, 1.54) is 16.7 Å². The molecule has 0 spiro atoms. The number of aliphatic hydroxyl groups is 1. The molecule has 152 valence electrons. The number of fused-ring (bicyclic) bond motifs is 1. The van der Waals surface area contributed by atoms with E-state index >= 15 is 0 Å². The fourth-order valence-corrected chi connectivity index (χ4v) is 3.21. The molecule has 0 aliphatic rings.